The molecule has 0 saturated heterocycles. The number of esters is 1. The number of nitrogens with one attached hydrogen (secondary N) is 1. The van der Waals surface area contributed by atoms with Gasteiger partial charge in [-0.05, 0) is 44.0 Å². The van der Waals surface area contributed by atoms with Crippen LogP contribution in [0.2, 0.25) is 0 Å². The average Bonchev–Trinajstić information content (AvgIpc) is 3.20. The molecule has 0 aliphatic carbocycles. The molecule has 0 fully saturated rings. The molecular formula is C25H32ClN3O6. The van der Waals surface area contributed by atoms with E-state index in [1.54, 1.807) is 18.3 Å². The number of aromatic nitrogens is 1. The number of aliphatic hydroxyl groups is 1. The number of fused-ring (bicyclic) bond motifs is 1. The molecule has 10 heteroatoms. The molecule has 0 amide bonds. The molecule has 0 aliphatic heterocycles. The molecule has 0 radical (unpaired) electrons. The summed E-state index contributed by atoms with van der Waals surface area (Å²) in [5.41, 5.74) is 2.31. The second-order valence-electron chi connectivity index (χ2n) is 9.19. The number of rotatable bonds is 10. The average molecular weight is 506 g/mol. The summed E-state index contributed by atoms with van der Waals surface area (Å²) in [6, 6.07) is 12.0. The minimum Gasteiger partial charge on any atom is -0.490 e. The molecule has 0 aliphatic rings. The summed E-state index contributed by atoms with van der Waals surface area (Å²) < 4.78 is 10.8. The summed E-state index contributed by atoms with van der Waals surface area (Å²) >= 11 is 0. The second kappa shape index (κ2) is 12.0. The van der Waals surface area contributed by atoms with E-state index in [-0.39, 0.29) is 42.6 Å². The van der Waals surface area contributed by atoms with Crippen molar-refractivity contribution in [2.45, 2.75) is 45.4 Å². The molecule has 35 heavy (non-hydrogen) atoms. The van der Waals surface area contributed by atoms with Crippen LogP contribution in [0.15, 0.2) is 48.7 Å². The molecule has 190 valence electrons. The molecule has 0 saturated carbocycles. The quantitative estimate of drug-likeness (QED) is 0.240. The van der Waals surface area contributed by atoms with Gasteiger partial charge in [-0.3, -0.25) is 19.8 Å². The van der Waals surface area contributed by atoms with E-state index in [2.05, 4.69) is 9.88 Å². The lowest BCUT2D eigenvalue weighted by molar-refractivity contribution is -0.384. The van der Waals surface area contributed by atoms with Crippen molar-refractivity contribution in [1.82, 2.24) is 9.88 Å². The fourth-order valence-electron chi connectivity index (χ4n) is 3.72. The van der Waals surface area contributed by atoms with Gasteiger partial charge in [0.25, 0.3) is 5.69 Å². The van der Waals surface area contributed by atoms with Crippen LogP contribution in [-0.2, 0) is 22.5 Å². The van der Waals surface area contributed by atoms with Crippen LogP contribution in [0, 0.1) is 10.1 Å². The fraction of sp³-hybridized carbons (Fsp3) is 0.400. The molecule has 2 aromatic carbocycles. The van der Waals surface area contributed by atoms with Crippen LogP contribution >= 0.6 is 12.4 Å². The number of hydrogen-bond donors (Lipinski definition) is 2. The van der Waals surface area contributed by atoms with Gasteiger partial charge in [-0.1, -0.05) is 18.2 Å². The number of halogens is 1. The van der Waals surface area contributed by atoms with Gasteiger partial charge >= 0.3 is 5.97 Å². The first-order valence-corrected chi connectivity index (χ1v) is 11.0. The Morgan fingerprint density at radius 2 is 1.89 bits per heavy atom. The number of carbonyl (C=O) groups is 1. The van der Waals surface area contributed by atoms with Gasteiger partial charge in [0.05, 0.1) is 18.5 Å². The minimum atomic E-state index is -0.782. The molecule has 1 heterocycles. The highest BCUT2D eigenvalue weighted by Crippen LogP contribution is 2.29. The summed E-state index contributed by atoms with van der Waals surface area (Å²) in [4.78, 5) is 27.5. The fourth-order valence-corrected chi connectivity index (χ4v) is 3.72. The summed E-state index contributed by atoms with van der Waals surface area (Å²) in [5.74, 6) is 0.234. The van der Waals surface area contributed by atoms with E-state index in [1.807, 2.05) is 39.0 Å². The Bertz CT molecular complexity index is 1140. The monoisotopic (exact) mass is 505 g/mol. The summed E-state index contributed by atoms with van der Waals surface area (Å²) in [5, 5.41) is 22.5. The van der Waals surface area contributed by atoms with E-state index >= 15 is 0 Å². The number of aromatic amines is 1. The number of ether oxygens (including phenoxy) is 2. The maximum atomic E-state index is 11.8. The summed E-state index contributed by atoms with van der Waals surface area (Å²) in [7, 11) is 1.35. The first-order valence-electron chi connectivity index (χ1n) is 11.0. The Hall–Kier alpha value is -3.14. The highest BCUT2D eigenvalue weighted by molar-refractivity contribution is 5.92. The van der Waals surface area contributed by atoms with Crippen molar-refractivity contribution < 1.29 is 24.3 Å². The van der Waals surface area contributed by atoms with Crippen molar-refractivity contribution in [3.63, 3.8) is 0 Å². The number of nitro groups is 1. The third-order valence-corrected chi connectivity index (χ3v) is 5.64. The Balaban J connectivity index is 0.00000432. The van der Waals surface area contributed by atoms with E-state index in [9.17, 15) is 20.0 Å². The number of benzene rings is 2. The molecule has 1 unspecified atom stereocenters. The SMILES string of the molecule is COC(=O)Cc1c[nH]c2cccc(OCC(O)CN(Cc3ccc([N+](=O)[O-])cc3)C(C)(C)C)c12.Cl. The Kier molecular flexibility index (Phi) is 9.64. The van der Waals surface area contributed by atoms with Crippen molar-refractivity contribution in [2.75, 3.05) is 20.3 Å². The van der Waals surface area contributed by atoms with Crippen molar-refractivity contribution >= 4 is 35.0 Å². The van der Waals surface area contributed by atoms with Gasteiger partial charge in [0.2, 0.25) is 0 Å². The van der Waals surface area contributed by atoms with Gasteiger partial charge < -0.3 is 19.6 Å². The van der Waals surface area contributed by atoms with Gasteiger partial charge in [0.1, 0.15) is 18.5 Å². The van der Waals surface area contributed by atoms with Crippen LogP contribution < -0.4 is 4.74 Å². The number of β-amino-alcohol motifs (C(OH)–C–C–N with tert-alkyl or cyclic N) is 1. The largest absolute Gasteiger partial charge is 0.490 e. The van der Waals surface area contributed by atoms with Crippen LogP contribution in [0.4, 0.5) is 5.69 Å². The third kappa shape index (κ3) is 7.42. The predicted octanol–water partition coefficient (Wildman–Crippen LogP) is 4.25. The Labute approximate surface area is 210 Å². The lowest BCUT2D eigenvalue weighted by Crippen LogP contribution is -2.46. The highest BCUT2D eigenvalue weighted by Gasteiger charge is 2.25. The van der Waals surface area contributed by atoms with E-state index in [0.29, 0.717) is 18.8 Å². The first kappa shape index (κ1) is 28.1. The number of nitrogens with zero attached hydrogens (tertiary/aromatic N) is 2. The Morgan fingerprint density at radius 3 is 2.49 bits per heavy atom. The number of H-pyrrole nitrogens is 1. The zero-order valence-corrected chi connectivity index (χ0v) is 21.1. The van der Waals surface area contributed by atoms with Crippen molar-refractivity contribution in [3.05, 3.63) is 69.9 Å². The number of hydrogen-bond acceptors (Lipinski definition) is 7. The number of aliphatic hydroxyl groups excluding tert-OH is 1. The molecule has 1 atom stereocenters. The van der Waals surface area contributed by atoms with Crippen LogP contribution in [0.3, 0.4) is 0 Å². The summed E-state index contributed by atoms with van der Waals surface area (Å²) in [6.07, 6.45) is 1.10. The molecule has 1 aromatic heterocycles. The Morgan fingerprint density at radius 1 is 1.20 bits per heavy atom. The maximum absolute atomic E-state index is 11.8. The predicted molar refractivity (Wildman–Crippen MR) is 136 cm³/mol. The smallest absolute Gasteiger partial charge is 0.310 e. The van der Waals surface area contributed by atoms with Gasteiger partial charge in [-0.15, -0.1) is 12.4 Å². The number of non-ortho nitro benzene ring substituents is 1. The standard InChI is InChI=1S/C25H31N3O6.ClH/c1-25(2,3)27(14-17-8-10-19(11-9-17)28(31)32)15-20(29)16-34-22-7-5-6-21-24(22)18(13-26-21)12-23(30)33-4;/h5-11,13,20,26,29H,12,14-16H2,1-4H3;1H. The topological polar surface area (TPSA) is 118 Å². The minimum absolute atomic E-state index is 0. The van der Waals surface area contributed by atoms with E-state index in [0.717, 1.165) is 22.0 Å². The normalized spacial score (nSPS) is 12.3. The zero-order chi connectivity index (χ0) is 24.9. The zero-order valence-electron chi connectivity index (χ0n) is 20.3. The first-order chi connectivity index (χ1) is 16.1. The van der Waals surface area contributed by atoms with Gasteiger partial charge in [-0.25, -0.2) is 0 Å². The lowest BCUT2D eigenvalue weighted by atomic mass is 10.0. The number of carbonyl (C=O) groups excluding carboxylic acids is 1. The molecule has 2 N–H and O–H groups in total. The van der Waals surface area contributed by atoms with Gasteiger partial charge in [-0.2, -0.15) is 0 Å². The lowest BCUT2D eigenvalue weighted by Gasteiger charge is -2.37. The molecule has 0 spiro atoms. The molecule has 9 nitrogen and oxygen atoms in total. The maximum Gasteiger partial charge on any atom is 0.310 e. The molecule has 3 rings (SSSR count). The molecular weight excluding hydrogens is 474 g/mol. The summed E-state index contributed by atoms with van der Waals surface area (Å²) in [6.45, 7) is 7.07. The van der Waals surface area contributed by atoms with E-state index in [4.69, 9.17) is 9.47 Å². The second-order valence-corrected chi connectivity index (χ2v) is 9.19. The highest BCUT2D eigenvalue weighted by atomic mass is 35.5. The van der Waals surface area contributed by atoms with Crippen molar-refractivity contribution in [3.8, 4) is 5.75 Å². The number of methoxy groups -OCH3 is 1. The van der Waals surface area contributed by atoms with E-state index < -0.39 is 11.0 Å². The number of nitro benzene ring substituents is 1. The van der Waals surface area contributed by atoms with Crippen molar-refractivity contribution in [2.24, 2.45) is 0 Å². The third-order valence-electron chi connectivity index (χ3n) is 5.64. The van der Waals surface area contributed by atoms with Crippen LogP contribution in [-0.4, -0.2) is 57.8 Å². The van der Waals surface area contributed by atoms with Gasteiger partial charge in [0.15, 0.2) is 0 Å². The molecule has 3 aromatic rings. The van der Waals surface area contributed by atoms with Crippen LogP contribution in [0.1, 0.15) is 31.9 Å². The van der Waals surface area contributed by atoms with E-state index in [1.165, 1.54) is 19.2 Å². The van der Waals surface area contributed by atoms with Gasteiger partial charge in [0, 0.05) is 47.9 Å². The molecule has 0 bridgehead atoms. The van der Waals surface area contributed by atoms with Crippen LogP contribution in [0.5, 0.6) is 5.75 Å². The van der Waals surface area contributed by atoms with Crippen LogP contribution in [0.25, 0.3) is 10.9 Å². The van der Waals surface area contributed by atoms with Crippen molar-refractivity contribution in [1.29, 1.82) is 0 Å².